The molecule has 12 rings (SSSR count). The van der Waals surface area contributed by atoms with Crippen LogP contribution in [0.5, 0.6) is 34.5 Å². The van der Waals surface area contributed by atoms with Crippen molar-refractivity contribution in [2.75, 3.05) is 39.6 Å². The molecule has 4 aliphatic rings. The second-order valence-corrected chi connectivity index (χ2v) is 37.6. The van der Waals surface area contributed by atoms with E-state index in [1.54, 1.807) is 159 Å². The number of carbonyl (C=O) groups excluding carboxylic acids is 14. The lowest BCUT2D eigenvalue weighted by atomic mass is 9.82. The van der Waals surface area contributed by atoms with Crippen molar-refractivity contribution in [2.24, 2.45) is 35.5 Å². The summed E-state index contributed by atoms with van der Waals surface area (Å²) < 4.78 is 75.2. The van der Waals surface area contributed by atoms with E-state index in [0.717, 1.165) is 116 Å². The van der Waals surface area contributed by atoms with Crippen LogP contribution in [0.2, 0.25) is 0 Å². The van der Waals surface area contributed by atoms with Crippen molar-refractivity contribution >= 4 is 83.6 Å². The van der Waals surface area contributed by atoms with Crippen molar-refractivity contribution in [1.29, 1.82) is 0 Å². The van der Waals surface area contributed by atoms with Crippen LogP contribution in [0.1, 0.15) is 373 Å². The number of rotatable bonds is 48. The highest BCUT2D eigenvalue weighted by Crippen LogP contribution is 2.37. The van der Waals surface area contributed by atoms with E-state index in [-0.39, 0.29) is 126 Å². The molecule has 8 aromatic rings. The fourth-order valence-corrected chi connectivity index (χ4v) is 17.1. The van der Waals surface area contributed by atoms with Crippen LogP contribution < -0.4 is 28.4 Å². The van der Waals surface area contributed by atoms with E-state index in [9.17, 15) is 67.1 Å². The fraction of sp³-hybridized carbons (Fsp3) is 0.483. The van der Waals surface area contributed by atoms with Gasteiger partial charge in [0.15, 0.2) is 0 Å². The molecule has 0 atom stereocenters. The highest BCUT2D eigenvalue weighted by Gasteiger charge is 2.37. The average molecular weight is 2050 g/mol. The molecule has 0 saturated heterocycles. The van der Waals surface area contributed by atoms with Gasteiger partial charge in [0.1, 0.15) is 46.7 Å². The minimum atomic E-state index is -0.430. The number of esters is 14. The second kappa shape index (κ2) is 65.8. The summed E-state index contributed by atoms with van der Waals surface area (Å²) in [6.07, 6.45) is 29.9. The molecule has 0 spiro atoms. The Labute approximate surface area is 876 Å². The van der Waals surface area contributed by atoms with E-state index in [1.807, 2.05) is 62.4 Å². The van der Waals surface area contributed by atoms with Crippen molar-refractivity contribution in [1.82, 2.24) is 0 Å². The SMILES string of the molecule is CCCCCCOC(=O)c1ccc(OC(=O)C2CCC(C(=O)Oc3ccc(C(=O)OCCCCCC)cc3)CC2)cc1.CCCCCc1ccc(C(=O)OC2CCC(OC(=O)c3ccc(CCCCC)cc3)CC2)cc1.CCCCOC(=O)c1ccc(OC(=O)C2CCC(C(=O)Oc3ccc(C(=O)OCCCC)cc3)CC2)cc1.CCOC(=O)c1ccc(OC(=O)C2CCC(C(=O)Oc3ccc(C(=O)OCC)cc3)CC2)cc1.[HH].[HH].[HH].[HH]. The Bertz CT molecular complexity index is 5120. The van der Waals surface area contributed by atoms with Crippen molar-refractivity contribution in [3.05, 3.63) is 250 Å². The molecule has 0 unspecified atom stereocenters. The number of carbonyl (C=O) groups is 14. The maximum atomic E-state index is 12.7. The summed E-state index contributed by atoms with van der Waals surface area (Å²) in [7, 11) is 0. The number of hydrogen-bond donors (Lipinski definition) is 0. The highest BCUT2D eigenvalue weighted by molar-refractivity contribution is 5.94. The van der Waals surface area contributed by atoms with Gasteiger partial charge in [0.2, 0.25) is 0 Å². The molecule has 0 amide bonds. The van der Waals surface area contributed by atoms with Gasteiger partial charge in [-0.15, -0.1) is 0 Å². The molecule has 0 heterocycles. The van der Waals surface area contributed by atoms with Gasteiger partial charge >= 0.3 is 83.6 Å². The van der Waals surface area contributed by atoms with Crippen LogP contribution in [-0.4, -0.2) is 135 Å². The summed E-state index contributed by atoms with van der Waals surface area (Å²) in [6.45, 7) is 18.3. The van der Waals surface area contributed by atoms with Crippen LogP contribution in [0.4, 0.5) is 0 Å². The smallest absolute Gasteiger partial charge is 0.338 e. The molecule has 0 aliphatic heterocycles. The van der Waals surface area contributed by atoms with Gasteiger partial charge < -0.3 is 66.3 Å². The Morgan fingerprint density at radius 1 is 0.196 bits per heavy atom. The molecule has 0 radical (unpaired) electrons. The molecule has 148 heavy (non-hydrogen) atoms. The second-order valence-electron chi connectivity index (χ2n) is 37.6. The third kappa shape index (κ3) is 41.6. The quantitative estimate of drug-likeness (QED) is 0.0148. The van der Waals surface area contributed by atoms with Gasteiger partial charge in [0, 0.05) is 5.71 Å². The van der Waals surface area contributed by atoms with Gasteiger partial charge in [-0.3, -0.25) is 28.8 Å². The molecule has 28 nitrogen and oxygen atoms in total. The number of hydrogen-bond acceptors (Lipinski definition) is 28. The molecule has 4 saturated carbocycles. The molecule has 0 aromatic heterocycles. The predicted octanol–water partition coefficient (Wildman–Crippen LogP) is 26.2. The molecule has 0 bridgehead atoms. The van der Waals surface area contributed by atoms with Crippen LogP contribution in [0.15, 0.2) is 194 Å². The monoisotopic (exact) mass is 2050 g/mol. The Kier molecular flexibility index (Phi) is 52.4. The molecular weight excluding hydrogens is 1890 g/mol. The van der Waals surface area contributed by atoms with E-state index >= 15 is 0 Å². The number of benzene rings is 8. The Morgan fingerprint density at radius 3 is 0.568 bits per heavy atom. The van der Waals surface area contributed by atoms with Crippen molar-refractivity contribution in [2.45, 2.75) is 299 Å². The third-order valence-corrected chi connectivity index (χ3v) is 26.2. The van der Waals surface area contributed by atoms with Gasteiger partial charge in [0.05, 0.1) is 120 Å². The van der Waals surface area contributed by atoms with Gasteiger partial charge in [-0.05, 0) is 349 Å². The predicted molar refractivity (Wildman–Crippen MR) is 565 cm³/mol. The normalized spacial score (nSPS) is 17.0. The molecule has 804 valence electrons. The standard InChI is InChI=1S/C34H44O8.C30H36O8.C30H40O4.C26H28O8.4H2/c1-3-5-7-9-23-39-31(35)25-15-19-29(20-16-25)41-33(37)27-11-13-28(14-12-27)34(38)42-30-21-17-26(18-22-30)32(36)40-24-10-8-6-4-2;1-3-5-19-35-27(31)21-11-15-25(16-12-21)37-29(33)23-7-9-24(10-8-23)30(34)38-26-17-13-22(14-18-26)28(32)36-20-6-4-2;1-3-5-7-9-23-11-15-25(16-12-23)29(31)33-27-19-21-28(22-20-27)34-30(32)26-17-13-24(14-18-26)10-8-6-4-2;1-3-31-23(27)17-9-13-21(14-10-17)33-25(29)19-5-7-20(8-6-19)26(30)34-22-15-11-18(12-16-22)24(28)32-4-2;;;;/h15-22,27-28H,3-14,23-24H2,1-2H3;11-18,23-24H,3-10,19-20H2,1-2H3;11-18,27-28H,3-10,19-22H2,1-2H3;9-16,19-20H,3-8H2,1-2H3;4*1H. The van der Waals surface area contributed by atoms with E-state index in [4.69, 9.17) is 66.3 Å². The zero-order valence-electron chi connectivity index (χ0n) is 87.2. The van der Waals surface area contributed by atoms with E-state index in [1.165, 1.54) is 49.7 Å². The Hall–Kier alpha value is -13.7. The Balaban J connectivity index is 0.000000354. The molecule has 28 heteroatoms. The van der Waals surface area contributed by atoms with Gasteiger partial charge in [-0.25, -0.2) is 38.4 Å². The molecule has 0 N–H and O–H groups in total. The van der Waals surface area contributed by atoms with Crippen LogP contribution in [-0.2, 0) is 79.5 Å². The van der Waals surface area contributed by atoms with Gasteiger partial charge in [0.25, 0.3) is 0 Å². The first-order valence-electron chi connectivity index (χ1n) is 53.3. The summed E-state index contributed by atoms with van der Waals surface area (Å²) in [4.78, 5) is 173. The zero-order chi connectivity index (χ0) is 106. The first-order chi connectivity index (χ1) is 71.8. The van der Waals surface area contributed by atoms with Crippen LogP contribution in [0.25, 0.3) is 0 Å². The Morgan fingerprint density at radius 2 is 0.372 bits per heavy atom. The lowest BCUT2D eigenvalue weighted by molar-refractivity contribution is -0.145. The van der Waals surface area contributed by atoms with Crippen molar-refractivity contribution in [3.8, 4) is 34.5 Å². The first kappa shape index (κ1) is 118. The minimum Gasteiger partial charge on any atom is -0.462 e. The third-order valence-electron chi connectivity index (χ3n) is 26.2. The fourth-order valence-electron chi connectivity index (χ4n) is 17.1. The summed E-state index contributed by atoms with van der Waals surface area (Å²) in [6, 6.07) is 53.3. The highest BCUT2D eigenvalue weighted by atomic mass is 16.6. The summed E-state index contributed by atoms with van der Waals surface area (Å²) >= 11 is 0. The zero-order valence-corrected chi connectivity index (χ0v) is 87.2. The van der Waals surface area contributed by atoms with Crippen LogP contribution >= 0.6 is 0 Å². The lowest BCUT2D eigenvalue weighted by Crippen LogP contribution is -2.30. The molecule has 4 fully saturated rings. The molecule has 8 aromatic carbocycles. The van der Waals surface area contributed by atoms with E-state index in [0.29, 0.717) is 182 Å². The number of aryl methyl sites for hydroxylation is 2. The number of unbranched alkanes of at least 4 members (excludes halogenated alkanes) is 12. The minimum absolute atomic E-state index is 0. The maximum absolute atomic E-state index is 12.7. The molecule has 4 aliphatic carbocycles. The van der Waals surface area contributed by atoms with E-state index in [2.05, 4.69) is 27.7 Å². The topological polar surface area (TPSA) is 368 Å². The number of ether oxygens (including phenoxy) is 14. The lowest BCUT2D eigenvalue weighted by Gasteiger charge is -2.28. The first-order valence-corrected chi connectivity index (χ1v) is 53.3. The largest absolute Gasteiger partial charge is 0.462 e. The average Bonchev–Trinajstić information content (AvgIpc) is 0.845. The van der Waals surface area contributed by atoms with Crippen molar-refractivity contribution < 1.29 is 139 Å². The summed E-state index contributed by atoms with van der Waals surface area (Å²) in [5, 5.41) is 0. The van der Waals surface area contributed by atoms with Crippen molar-refractivity contribution in [3.63, 3.8) is 0 Å². The van der Waals surface area contributed by atoms with E-state index < -0.39 is 23.9 Å². The van der Waals surface area contributed by atoms with Crippen LogP contribution in [0, 0.1) is 35.5 Å². The van der Waals surface area contributed by atoms with Gasteiger partial charge in [-0.1, -0.05) is 143 Å². The maximum Gasteiger partial charge on any atom is 0.338 e. The van der Waals surface area contributed by atoms with Gasteiger partial charge in [-0.2, -0.15) is 0 Å². The molecular formula is C120H156O28. The van der Waals surface area contributed by atoms with Crippen LogP contribution in [0.3, 0.4) is 0 Å². The summed E-state index contributed by atoms with van der Waals surface area (Å²) in [5.41, 5.74) is 6.14. The summed E-state index contributed by atoms with van der Waals surface area (Å²) in [5.74, 6) is -4.77.